The number of phosphoric ester groups is 1. The molecule has 0 bridgehead atoms. The van der Waals surface area contributed by atoms with Gasteiger partial charge >= 0.3 is 0 Å². The third-order valence-electron chi connectivity index (χ3n) is 6.48. The fourth-order valence-corrected chi connectivity index (χ4v) is 5.23. The van der Waals surface area contributed by atoms with Gasteiger partial charge in [-0.15, -0.1) is 0 Å². The van der Waals surface area contributed by atoms with Crippen LogP contribution < -0.4 is 4.89 Å². The van der Waals surface area contributed by atoms with E-state index in [4.69, 9.17) is 9.05 Å². The third-order valence-corrected chi connectivity index (χ3v) is 7.45. The number of nitrogens with zero attached hydrogens (tertiary/aromatic N) is 1. The average Bonchev–Trinajstić information content (AvgIpc) is 2.76. The second-order valence-corrected chi connectivity index (χ2v) is 12.9. The highest BCUT2D eigenvalue weighted by Crippen LogP contribution is 2.39. The number of ketones is 1. The number of hydrogen-bond donors (Lipinski definition) is 0. The van der Waals surface area contributed by atoms with Crippen LogP contribution in [0, 0.1) is 5.92 Å². The summed E-state index contributed by atoms with van der Waals surface area (Å²) in [5.74, 6) is 0.00995. The van der Waals surface area contributed by atoms with Gasteiger partial charge in [0, 0.05) is 12.8 Å². The predicted molar refractivity (Wildman–Crippen MR) is 145 cm³/mol. The summed E-state index contributed by atoms with van der Waals surface area (Å²) in [5.41, 5.74) is 0. The molecule has 2 atom stereocenters. The summed E-state index contributed by atoms with van der Waals surface area (Å²) in [6, 6.07) is 0. The van der Waals surface area contributed by atoms with E-state index in [1.54, 1.807) is 6.92 Å². The Balaban J connectivity index is 3.82. The molecule has 0 fully saturated rings. The molecular weight excluding hydrogens is 461 g/mol. The first-order valence-corrected chi connectivity index (χ1v) is 15.9. The van der Waals surface area contributed by atoms with Gasteiger partial charge in [0.2, 0.25) is 0 Å². The Bertz CT molecular complexity index is 550. The largest absolute Gasteiger partial charge is 0.756 e. The maximum atomic E-state index is 12.1. The highest BCUT2D eigenvalue weighted by molar-refractivity contribution is 7.45. The van der Waals surface area contributed by atoms with Crippen LogP contribution >= 0.6 is 7.82 Å². The van der Waals surface area contributed by atoms with Crippen molar-refractivity contribution in [2.45, 2.75) is 129 Å². The van der Waals surface area contributed by atoms with Gasteiger partial charge in [-0.3, -0.25) is 4.57 Å². The fraction of sp³-hybridized carbons (Fsp3) is 0.964. The molecule has 0 heterocycles. The quantitative estimate of drug-likeness (QED) is 0.0674. The molecule has 0 saturated heterocycles. The summed E-state index contributed by atoms with van der Waals surface area (Å²) in [6.45, 7) is 4.81. The lowest BCUT2D eigenvalue weighted by atomic mass is 9.96. The zero-order valence-corrected chi connectivity index (χ0v) is 24.8. The summed E-state index contributed by atoms with van der Waals surface area (Å²) in [7, 11) is 1.84. The van der Waals surface area contributed by atoms with E-state index in [2.05, 4.69) is 28.1 Å². The van der Waals surface area contributed by atoms with Crippen molar-refractivity contribution in [3.63, 3.8) is 0 Å². The Labute approximate surface area is 217 Å². The van der Waals surface area contributed by atoms with Gasteiger partial charge in [0.1, 0.15) is 5.78 Å². The van der Waals surface area contributed by atoms with Crippen LogP contribution in [0.5, 0.6) is 0 Å². The van der Waals surface area contributed by atoms with E-state index in [0.717, 1.165) is 30.3 Å². The topological polar surface area (TPSA) is 75.7 Å². The molecule has 35 heavy (non-hydrogen) atoms. The van der Waals surface area contributed by atoms with Crippen LogP contribution in [0.2, 0.25) is 0 Å². The molecule has 0 amide bonds. The molecule has 0 saturated carbocycles. The van der Waals surface area contributed by atoms with Crippen molar-refractivity contribution in [1.82, 2.24) is 0 Å². The predicted octanol–water partition coefficient (Wildman–Crippen LogP) is 7.44. The first kappa shape index (κ1) is 34.7. The van der Waals surface area contributed by atoms with Crippen LogP contribution in [0.1, 0.15) is 129 Å². The number of rotatable bonds is 26. The minimum absolute atomic E-state index is 0.0360. The molecule has 0 aromatic rings. The van der Waals surface area contributed by atoms with Gasteiger partial charge < -0.3 is 23.2 Å². The number of carbonyl (C=O) groups excluding carboxylic acids is 1. The van der Waals surface area contributed by atoms with Crippen molar-refractivity contribution in [2.75, 3.05) is 40.9 Å². The molecule has 0 spiro atoms. The Morgan fingerprint density at radius 3 is 1.66 bits per heavy atom. The van der Waals surface area contributed by atoms with Crippen LogP contribution in [0.3, 0.4) is 0 Å². The van der Waals surface area contributed by atoms with E-state index in [-0.39, 0.29) is 24.9 Å². The summed E-state index contributed by atoms with van der Waals surface area (Å²) in [4.78, 5) is 23.7. The summed E-state index contributed by atoms with van der Waals surface area (Å²) < 4.78 is 22.9. The van der Waals surface area contributed by atoms with Crippen molar-refractivity contribution in [2.24, 2.45) is 5.92 Å². The van der Waals surface area contributed by atoms with E-state index in [1.165, 1.54) is 83.5 Å². The van der Waals surface area contributed by atoms with Crippen molar-refractivity contribution >= 4 is 13.6 Å². The average molecular weight is 520 g/mol. The summed E-state index contributed by atoms with van der Waals surface area (Å²) in [5, 5.41) is 0. The summed E-state index contributed by atoms with van der Waals surface area (Å²) in [6.07, 6.45) is 21.6. The Morgan fingerprint density at radius 1 is 0.771 bits per heavy atom. The first-order chi connectivity index (χ1) is 16.6. The smallest absolute Gasteiger partial charge is 0.267 e. The SMILES string of the molecule is CCCCCCCCCCCCCCCCCC(COP(=O)([O-])OCCC[N+](C)(C)C)CC(C)=O. The molecule has 0 aliphatic heterocycles. The molecule has 0 radical (unpaired) electrons. The van der Waals surface area contributed by atoms with Crippen molar-refractivity contribution in [3.8, 4) is 0 Å². The van der Waals surface area contributed by atoms with E-state index in [9.17, 15) is 14.3 Å². The molecular formula is C28H58NO5P. The zero-order chi connectivity index (χ0) is 26.4. The minimum atomic E-state index is -4.31. The Hall–Kier alpha value is -0.260. The van der Waals surface area contributed by atoms with E-state index < -0.39 is 7.82 Å². The number of phosphoric acid groups is 1. The molecule has 0 aromatic heterocycles. The third kappa shape index (κ3) is 26.6. The van der Waals surface area contributed by atoms with Gasteiger partial charge in [0.05, 0.1) is 40.9 Å². The molecule has 6 nitrogen and oxygen atoms in total. The maximum absolute atomic E-state index is 12.1. The van der Waals surface area contributed by atoms with Gasteiger partial charge in [-0.1, -0.05) is 103 Å². The van der Waals surface area contributed by atoms with Gasteiger partial charge in [0.25, 0.3) is 7.82 Å². The molecule has 2 unspecified atom stereocenters. The van der Waals surface area contributed by atoms with E-state index in [0.29, 0.717) is 12.8 Å². The van der Waals surface area contributed by atoms with E-state index in [1.807, 2.05) is 0 Å². The number of hydrogen-bond acceptors (Lipinski definition) is 5. The lowest BCUT2D eigenvalue weighted by Crippen LogP contribution is -2.35. The molecule has 0 N–H and O–H groups in total. The standard InChI is InChI=1S/C28H58NO5P/c1-6-7-8-9-10-11-12-13-14-15-16-17-18-19-20-22-28(25-27(2)30)26-34-35(31,32)33-24-21-23-29(3,4)5/h28H,6-26H2,1-5H3. The van der Waals surface area contributed by atoms with Crippen molar-refractivity contribution < 1.29 is 27.8 Å². The van der Waals surface area contributed by atoms with Crippen molar-refractivity contribution in [3.05, 3.63) is 0 Å². The normalized spacial score (nSPS) is 14.7. The molecule has 0 aromatic carbocycles. The molecule has 0 aliphatic carbocycles. The highest BCUT2D eigenvalue weighted by Gasteiger charge is 2.17. The number of quaternary nitrogens is 1. The zero-order valence-electron chi connectivity index (χ0n) is 23.9. The maximum Gasteiger partial charge on any atom is 0.267 e. The van der Waals surface area contributed by atoms with Crippen LogP contribution in [-0.2, 0) is 18.4 Å². The fourth-order valence-electron chi connectivity index (χ4n) is 4.40. The molecule has 7 heteroatoms. The van der Waals surface area contributed by atoms with Crippen LogP contribution in [0.25, 0.3) is 0 Å². The van der Waals surface area contributed by atoms with Crippen molar-refractivity contribution in [1.29, 1.82) is 0 Å². The molecule has 0 rings (SSSR count). The number of carbonyl (C=O) groups is 1. The van der Waals surface area contributed by atoms with Gasteiger partial charge in [-0.2, -0.15) is 0 Å². The van der Waals surface area contributed by atoms with Crippen LogP contribution in [-0.4, -0.2) is 51.2 Å². The molecule has 210 valence electrons. The first-order valence-electron chi connectivity index (χ1n) is 14.5. The monoisotopic (exact) mass is 519 g/mol. The summed E-state index contributed by atoms with van der Waals surface area (Å²) >= 11 is 0. The van der Waals surface area contributed by atoms with Crippen LogP contribution in [0.4, 0.5) is 0 Å². The lowest BCUT2D eigenvalue weighted by molar-refractivity contribution is -0.870. The van der Waals surface area contributed by atoms with Gasteiger partial charge in [-0.25, -0.2) is 0 Å². The van der Waals surface area contributed by atoms with E-state index >= 15 is 0 Å². The van der Waals surface area contributed by atoms with Gasteiger partial charge in [-0.05, 0) is 19.3 Å². The Kier molecular flexibility index (Phi) is 21.6. The minimum Gasteiger partial charge on any atom is -0.756 e. The number of unbranched alkanes of at least 4 members (excludes halogenated alkanes) is 14. The lowest BCUT2D eigenvalue weighted by Gasteiger charge is -2.27. The van der Waals surface area contributed by atoms with Crippen LogP contribution in [0.15, 0.2) is 0 Å². The second-order valence-electron chi connectivity index (χ2n) is 11.5. The molecule has 0 aliphatic rings. The second kappa shape index (κ2) is 21.8. The highest BCUT2D eigenvalue weighted by atomic mass is 31.2. The number of Topliss-reactive ketones (excluding diaryl/α,β-unsaturated/α-hetero) is 1. The van der Waals surface area contributed by atoms with Gasteiger partial charge in [0.15, 0.2) is 0 Å². The Morgan fingerprint density at radius 2 is 1.23 bits per heavy atom.